The van der Waals surface area contributed by atoms with E-state index in [1.54, 1.807) is 0 Å². The first kappa shape index (κ1) is 17.2. The highest BCUT2D eigenvalue weighted by Gasteiger charge is 2.15. The Bertz CT molecular complexity index is 411. The lowest BCUT2D eigenvalue weighted by Crippen LogP contribution is -2.12. The van der Waals surface area contributed by atoms with Crippen molar-refractivity contribution in [1.29, 1.82) is 0 Å². The van der Waals surface area contributed by atoms with Crippen LogP contribution in [0.5, 0.6) is 0 Å². The Kier molecular flexibility index (Phi) is 7.21. The lowest BCUT2D eigenvalue weighted by atomic mass is 9.98. The largest absolute Gasteiger partial charge is 0.324 e. The van der Waals surface area contributed by atoms with E-state index in [0.717, 1.165) is 12.8 Å². The lowest BCUT2D eigenvalue weighted by molar-refractivity contribution is -0.384. The number of hydrogen-bond donors (Lipinski definition) is 1. The summed E-state index contributed by atoms with van der Waals surface area (Å²) in [6, 6.07) is 4.14. The number of hydrogen-bond acceptors (Lipinski definition) is 3. The molecule has 4 nitrogen and oxygen atoms in total. The summed E-state index contributed by atoms with van der Waals surface area (Å²) in [5.41, 5.74) is 6.69. The molecule has 0 spiro atoms. The van der Waals surface area contributed by atoms with Gasteiger partial charge >= 0.3 is 0 Å². The molecule has 0 saturated carbocycles. The summed E-state index contributed by atoms with van der Waals surface area (Å²) in [7, 11) is 0. The number of nitro benzene ring substituents is 1. The van der Waals surface area contributed by atoms with Crippen molar-refractivity contribution in [3.05, 3.63) is 38.9 Å². The van der Waals surface area contributed by atoms with Crippen LogP contribution < -0.4 is 5.73 Å². The molecule has 0 heterocycles. The lowest BCUT2D eigenvalue weighted by Gasteiger charge is -2.14. The van der Waals surface area contributed by atoms with Crippen molar-refractivity contribution in [2.45, 2.75) is 32.7 Å². The van der Waals surface area contributed by atoms with Gasteiger partial charge in [-0.1, -0.05) is 25.4 Å². The molecule has 0 radical (unpaired) electrons. The highest BCUT2D eigenvalue weighted by Crippen LogP contribution is 2.29. The quantitative estimate of drug-likeness (QED) is 0.656. The fourth-order valence-corrected chi connectivity index (χ4v) is 1.85. The van der Waals surface area contributed by atoms with Crippen molar-refractivity contribution < 1.29 is 4.92 Å². The van der Waals surface area contributed by atoms with Crippen LogP contribution in [0, 0.1) is 16.0 Å². The predicted octanol–water partition coefficient (Wildman–Crippen LogP) is 4.11. The number of nitrogens with zero attached hydrogens (tertiary/aromatic N) is 1. The van der Waals surface area contributed by atoms with Crippen LogP contribution in [-0.2, 0) is 0 Å². The van der Waals surface area contributed by atoms with Crippen molar-refractivity contribution in [3.8, 4) is 0 Å². The summed E-state index contributed by atoms with van der Waals surface area (Å²) in [4.78, 5) is 10.2. The fraction of sp³-hybridized carbons (Fsp3) is 0.500. The Labute approximate surface area is 118 Å². The Balaban J connectivity index is 0.00000289. The first-order valence-electron chi connectivity index (χ1n) is 5.61. The second kappa shape index (κ2) is 7.56. The van der Waals surface area contributed by atoms with E-state index >= 15 is 0 Å². The van der Waals surface area contributed by atoms with E-state index in [1.165, 1.54) is 18.2 Å². The third kappa shape index (κ3) is 4.80. The molecule has 0 unspecified atom stereocenters. The van der Waals surface area contributed by atoms with Gasteiger partial charge in [-0.15, -0.1) is 12.4 Å². The Morgan fingerprint density at radius 3 is 2.50 bits per heavy atom. The van der Waals surface area contributed by atoms with E-state index in [4.69, 9.17) is 17.3 Å². The monoisotopic (exact) mass is 292 g/mol. The number of benzene rings is 1. The van der Waals surface area contributed by atoms with Crippen molar-refractivity contribution in [2.75, 3.05) is 0 Å². The topological polar surface area (TPSA) is 69.2 Å². The second-order valence-corrected chi connectivity index (χ2v) is 4.95. The number of non-ortho nitro benzene ring substituents is 1. The molecular formula is C12H18Cl2N2O2. The molecule has 1 rings (SSSR count). The third-order valence-corrected chi connectivity index (χ3v) is 2.99. The van der Waals surface area contributed by atoms with Crippen LogP contribution in [0.1, 0.15) is 38.3 Å². The molecule has 2 N–H and O–H groups in total. The van der Waals surface area contributed by atoms with Crippen molar-refractivity contribution in [3.63, 3.8) is 0 Å². The zero-order chi connectivity index (χ0) is 13.0. The molecule has 0 aliphatic rings. The summed E-state index contributed by atoms with van der Waals surface area (Å²) in [6.45, 7) is 4.23. The van der Waals surface area contributed by atoms with Gasteiger partial charge in [0.05, 0.1) is 4.92 Å². The molecule has 0 aliphatic heterocycles. The number of halogens is 2. The van der Waals surface area contributed by atoms with Gasteiger partial charge in [0.25, 0.3) is 5.69 Å². The van der Waals surface area contributed by atoms with Crippen molar-refractivity contribution >= 4 is 29.7 Å². The number of rotatable bonds is 5. The van der Waals surface area contributed by atoms with Gasteiger partial charge < -0.3 is 5.73 Å². The minimum atomic E-state index is -0.436. The van der Waals surface area contributed by atoms with Crippen LogP contribution in [-0.4, -0.2) is 4.92 Å². The molecule has 0 fully saturated rings. The smallest absolute Gasteiger partial charge is 0.269 e. The second-order valence-electron chi connectivity index (χ2n) is 4.54. The van der Waals surface area contributed by atoms with Gasteiger partial charge in [0.1, 0.15) is 0 Å². The molecule has 0 saturated heterocycles. The maximum atomic E-state index is 10.7. The van der Waals surface area contributed by atoms with Gasteiger partial charge in [0.2, 0.25) is 0 Å². The molecular weight excluding hydrogens is 275 g/mol. The number of nitro groups is 1. The predicted molar refractivity (Wildman–Crippen MR) is 76.4 cm³/mol. The molecule has 18 heavy (non-hydrogen) atoms. The van der Waals surface area contributed by atoms with Crippen LogP contribution in [0.2, 0.25) is 5.02 Å². The Morgan fingerprint density at radius 1 is 1.39 bits per heavy atom. The third-order valence-electron chi connectivity index (χ3n) is 2.64. The normalized spacial score (nSPS) is 12.1. The molecule has 0 bridgehead atoms. The minimum Gasteiger partial charge on any atom is -0.324 e. The summed E-state index contributed by atoms with van der Waals surface area (Å²) in [6.07, 6.45) is 1.75. The molecule has 1 aromatic carbocycles. The molecule has 0 amide bonds. The van der Waals surface area contributed by atoms with Gasteiger partial charge in [-0.3, -0.25) is 10.1 Å². The summed E-state index contributed by atoms with van der Waals surface area (Å²) in [5.74, 6) is 0.554. The SMILES string of the molecule is CC(C)CC[C@@H](N)c1cc([N+](=O)[O-])ccc1Cl.Cl. The van der Waals surface area contributed by atoms with Crippen LogP contribution in [0.4, 0.5) is 5.69 Å². The average Bonchev–Trinajstić information content (AvgIpc) is 2.26. The van der Waals surface area contributed by atoms with E-state index < -0.39 is 4.92 Å². The maximum absolute atomic E-state index is 10.7. The molecule has 6 heteroatoms. The molecule has 1 aromatic rings. The van der Waals surface area contributed by atoms with Gasteiger partial charge in [0.15, 0.2) is 0 Å². The number of nitrogens with two attached hydrogens (primary N) is 1. The van der Waals surface area contributed by atoms with E-state index in [-0.39, 0.29) is 24.1 Å². The fourth-order valence-electron chi connectivity index (χ4n) is 1.60. The first-order valence-corrected chi connectivity index (χ1v) is 5.99. The molecule has 102 valence electrons. The van der Waals surface area contributed by atoms with E-state index in [9.17, 15) is 10.1 Å². The minimum absolute atomic E-state index is 0. The maximum Gasteiger partial charge on any atom is 0.269 e. The van der Waals surface area contributed by atoms with Crippen LogP contribution >= 0.6 is 24.0 Å². The molecule has 0 aliphatic carbocycles. The summed E-state index contributed by atoms with van der Waals surface area (Å²) >= 11 is 6.01. The van der Waals surface area contributed by atoms with Crippen LogP contribution in [0.15, 0.2) is 18.2 Å². The van der Waals surface area contributed by atoms with Gasteiger partial charge in [-0.05, 0) is 30.4 Å². The van der Waals surface area contributed by atoms with E-state index in [2.05, 4.69) is 13.8 Å². The summed E-state index contributed by atoms with van der Waals surface area (Å²) < 4.78 is 0. The van der Waals surface area contributed by atoms with Gasteiger partial charge in [-0.2, -0.15) is 0 Å². The van der Waals surface area contributed by atoms with E-state index in [1.807, 2.05) is 0 Å². The standard InChI is InChI=1S/C12H17ClN2O2.ClH/c1-8(2)3-6-12(14)10-7-9(15(16)17)4-5-11(10)13;/h4-5,7-8,12H,3,6,14H2,1-2H3;1H/t12-;/m1./s1. The van der Waals surface area contributed by atoms with Crippen LogP contribution in [0.3, 0.4) is 0 Å². The average molecular weight is 293 g/mol. The zero-order valence-corrected chi connectivity index (χ0v) is 12.0. The molecule has 0 aromatic heterocycles. The van der Waals surface area contributed by atoms with Gasteiger partial charge in [-0.25, -0.2) is 0 Å². The van der Waals surface area contributed by atoms with Gasteiger partial charge in [0, 0.05) is 23.2 Å². The first-order chi connectivity index (χ1) is 7.91. The summed E-state index contributed by atoms with van der Waals surface area (Å²) in [5, 5.41) is 11.2. The highest BCUT2D eigenvalue weighted by atomic mass is 35.5. The van der Waals surface area contributed by atoms with Crippen molar-refractivity contribution in [2.24, 2.45) is 11.7 Å². The Hall–Kier alpha value is -0.840. The van der Waals surface area contributed by atoms with Crippen molar-refractivity contribution in [1.82, 2.24) is 0 Å². The van der Waals surface area contributed by atoms with Crippen LogP contribution in [0.25, 0.3) is 0 Å². The zero-order valence-electron chi connectivity index (χ0n) is 10.4. The molecule has 1 atom stereocenters. The Morgan fingerprint density at radius 2 is 2.00 bits per heavy atom. The van der Waals surface area contributed by atoms with E-state index in [0.29, 0.717) is 16.5 Å². The highest BCUT2D eigenvalue weighted by molar-refractivity contribution is 6.31.